The van der Waals surface area contributed by atoms with Crippen LogP contribution in [0.15, 0.2) is 12.3 Å². The van der Waals surface area contributed by atoms with Crippen molar-refractivity contribution in [3.8, 4) is 0 Å². The fourth-order valence-electron chi connectivity index (χ4n) is 1.44. The number of aliphatic hydroxyl groups is 3. The van der Waals surface area contributed by atoms with Crippen LogP contribution in [0.25, 0.3) is 0 Å². The summed E-state index contributed by atoms with van der Waals surface area (Å²) in [4.78, 5) is 22.4. The van der Waals surface area contributed by atoms with Gasteiger partial charge in [-0.05, 0) is 13.0 Å². The molecule has 0 aromatic rings. The number of carbonyl (C=O) groups excluding carboxylic acids is 2. The minimum Gasteiger partial charge on any atom is -0.460 e. The van der Waals surface area contributed by atoms with Crippen LogP contribution >= 0.6 is 0 Å². The van der Waals surface area contributed by atoms with Gasteiger partial charge in [0, 0.05) is 6.92 Å². The maximum atomic E-state index is 11.2. The number of hydrogen-bond acceptors (Lipinski definition) is 6. The van der Waals surface area contributed by atoms with Gasteiger partial charge in [-0.15, -0.1) is 0 Å². The molecule has 0 spiro atoms. The quantitative estimate of drug-likeness (QED) is 0.518. The summed E-state index contributed by atoms with van der Waals surface area (Å²) < 4.78 is 4.57. The smallest absolute Gasteiger partial charge is 0.306 e. The Morgan fingerprint density at radius 2 is 1.80 bits per heavy atom. The van der Waals surface area contributed by atoms with Crippen LogP contribution in [-0.4, -0.2) is 44.4 Å². The van der Waals surface area contributed by atoms with Crippen LogP contribution in [0.2, 0.25) is 0 Å². The molecular formula is C9H12O6. The first kappa shape index (κ1) is 11.8. The molecule has 15 heavy (non-hydrogen) atoms. The van der Waals surface area contributed by atoms with Gasteiger partial charge in [0.05, 0.1) is 6.26 Å². The monoisotopic (exact) mass is 216 g/mol. The lowest BCUT2D eigenvalue weighted by atomic mass is 9.80. The molecule has 0 amide bonds. The lowest BCUT2D eigenvalue weighted by molar-refractivity contribution is -0.275. The van der Waals surface area contributed by atoms with Crippen LogP contribution in [0.5, 0.6) is 0 Å². The van der Waals surface area contributed by atoms with Gasteiger partial charge in [0.2, 0.25) is 11.4 Å². The molecule has 6 heteroatoms. The SMILES string of the molecule is CC(=O)[C@@]1(O)[C@H](O)C=CO[C@]1(O)C(C)=O. The molecule has 6 nitrogen and oxygen atoms in total. The molecule has 0 saturated heterocycles. The zero-order valence-electron chi connectivity index (χ0n) is 8.30. The Morgan fingerprint density at radius 1 is 1.27 bits per heavy atom. The summed E-state index contributed by atoms with van der Waals surface area (Å²) in [6.45, 7) is 1.89. The van der Waals surface area contributed by atoms with Crippen molar-refractivity contribution < 1.29 is 29.6 Å². The van der Waals surface area contributed by atoms with Crippen molar-refractivity contribution in [3.63, 3.8) is 0 Å². The van der Waals surface area contributed by atoms with Gasteiger partial charge in [-0.3, -0.25) is 9.59 Å². The van der Waals surface area contributed by atoms with Crippen LogP contribution in [0.4, 0.5) is 0 Å². The highest BCUT2D eigenvalue weighted by atomic mass is 16.6. The van der Waals surface area contributed by atoms with E-state index in [0.717, 1.165) is 26.2 Å². The molecule has 3 N–H and O–H groups in total. The van der Waals surface area contributed by atoms with Crippen molar-refractivity contribution in [2.75, 3.05) is 0 Å². The first-order chi connectivity index (χ1) is 6.76. The van der Waals surface area contributed by atoms with Gasteiger partial charge in [-0.2, -0.15) is 0 Å². The van der Waals surface area contributed by atoms with Crippen molar-refractivity contribution in [1.29, 1.82) is 0 Å². The van der Waals surface area contributed by atoms with Crippen molar-refractivity contribution in [1.82, 2.24) is 0 Å². The van der Waals surface area contributed by atoms with Crippen molar-refractivity contribution in [3.05, 3.63) is 12.3 Å². The second-order valence-corrected chi connectivity index (χ2v) is 3.41. The average molecular weight is 216 g/mol. The van der Waals surface area contributed by atoms with Crippen LogP contribution in [0, 0.1) is 0 Å². The maximum absolute atomic E-state index is 11.2. The summed E-state index contributed by atoms with van der Waals surface area (Å²) in [6.07, 6.45) is 0.139. The predicted octanol–water partition coefficient (Wildman–Crippen LogP) is -1.51. The van der Waals surface area contributed by atoms with Crippen molar-refractivity contribution in [2.24, 2.45) is 0 Å². The molecule has 0 aliphatic carbocycles. The molecule has 0 aromatic heterocycles. The van der Waals surface area contributed by atoms with Crippen LogP contribution < -0.4 is 0 Å². The highest BCUT2D eigenvalue weighted by Gasteiger charge is 2.63. The molecule has 0 aromatic carbocycles. The second kappa shape index (κ2) is 3.41. The Hall–Kier alpha value is -1.24. The highest BCUT2D eigenvalue weighted by Crippen LogP contribution is 2.33. The molecule has 0 saturated carbocycles. The van der Waals surface area contributed by atoms with Crippen LogP contribution in [0.1, 0.15) is 13.8 Å². The largest absolute Gasteiger partial charge is 0.460 e. The number of rotatable bonds is 2. The summed E-state index contributed by atoms with van der Waals surface area (Å²) in [5.74, 6) is -4.67. The third-order valence-corrected chi connectivity index (χ3v) is 2.46. The molecule has 0 bridgehead atoms. The van der Waals surface area contributed by atoms with E-state index in [1.807, 2.05) is 0 Å². The number of carbonyl (C=O) groups is 2. The van der Waals surface area contributed by atoms with E-state index < -0.39 is 29.1 Å². The summed E-state index contributed by atoms with van der Waals surface area (Å²) in [5, 5.41) is 29.0. The van der Waals surface area contributed by atoms with Gasteiger partial charge < -0.3 is 20.1 Å². The first-order valence-corrected chi connectivity index (χ1v) is 4.26. The molecule has 84 valence electrons. The molecule has 1 aliphatic rings. The van der Waals surface area contributed by atoms with Crippen molar-refractivity contribution >= 4 is 11.6 Å². The first-order valence-electron chi connectivity index (χ1n) is 4.26. The molecule has 3 atom stereocenters. The lowest BCUT2D eigenvalue weighted by Crippen LogP contribution is -2.70. The molecule has 1 rings (SSSR count). The molecular weight excluding hydrogens is 204 g/mol. The summed E-state index contributed by atoms with van der Waals surface area (Å²) in [5.41, 5.74) is -2.67. The zero-order valence-corrected chi connectivity index (χ0v) is 8.30. The molecule has 0 radical (unpaired) electrons. The fraction of sp³-hybridized carbons (Fsp3) is 0.556. The van der Waals surface area contributed by atoms with E-state index in [4.69, 9.17) is 0 Å². The Morgan fingerprint density at radius 3 is 2.13 bits per heavy atom. The Labute approximate surface area is 85.8 Å². The third-order valence-electron chi connectivity index (χ3n) is 2.46. The van der Waals surface area contributed by atoms with Gasteiger partial charge in [0.15, 0.2) is 5.78 Å². The maximum Gasteiger partial charge on any atom is 0.306 e. The fourth-order valence-corrected chi connectivity index (χ4v) is 1.44. The van der Waals surface area contributed by atoms with Crippen LogP contribution in [0.3, 0.4) is 0 Å². The minimum absolute atomic E-state index is 0.865. The number of Topliss-reactive ketones (excluding diaryl/α,β-unsaturated/α-hetero) is 2. The van der Waals surface area contributed by atoms with E-state index in [2.05, 4.69) is 4.74 Å². The second-order valence-electron chi connectivity index (χ2n) is 3.41. The van der Waals surface area contributed by atoms with Crippen molar-refractivity contribution in [2.45, 2.75) is 31.3 Å². The Balaban J connectivity index is 3.34. The normalized spacial score (nSPS) is 39.7. The molecule has 1 aliphatic heterocycles. The van der Waals surface area contributed by atoms with Gasteiger partial charge in [-0.25, -0.2) is 0 Å². The van der Waals surface area contributed by atoms with E-state index in [9.17, 15) is 24.9 Å². The Bertz CT molecular complexity index is 335. The standard InChI is InChI=1S/C9H12O6/c1-5(10)8(13)7(12)3-4-15-9(8,14)6(2)11/h3-4,7,12-14H,1-2H3/t7-,8-,9-/m1/s1. The Kier molecular flexibility index (Phi) is 2.69. The van der Waals surface area contributed by atoms with Gasteiger partial charge in [-0.1, -0.05) is 0 Å². The van der Waals surface area contributed by atoms with E-state index in [1.54, 1.807) is 0 Å². The van der Waals surface area contributed by atoms with E-state index in [-0.39, 0.29) is 0 Å². The number of ketones is 2. The van der Waals surface area contributed by atoms with Gasteiger partial charge in [0.25, 0.3) is 0 Å². The third kappa shape index (κ3) is 1.38. The number of ether oxygens (including phenoxy) is 1. The van der Waals surface area contributed by atoms with Crippen LogP contribution in [-0.2, 0) is 14.3 Å². The number of aliphatic hydroxyl groups excluding tert-OH is 1. The summed E-state index contributed by atoms with van der Waals surface area (Å²) in [7, 11) is 0. The summed E-state index contributed by atoms with van der Waals surface area (Å²) >= 11 is 0. The molecule has 0 unspecified atom stereocenters. The predicted molar refractivity (Wildman–Crippen MR) is 47.5 cm³/mol. The minimum atomic E-state index is -2.74. The molecule has 0 fully saturated rings. The zero-order chi connectivity index (χ0) is 11.9. The highest BCUT2D eigenvalue weighted by molar-refractivity contribution is 5.97. The topological polar surface area (TPSA) is 104 Å². The van der Waals surface area contributed by atoms with E-state index in [0.29, 0.717) is 0 Å². The average Bonchev–Trinajstić information content (AvgIpc) is 2.13. The molecule has 1 heterocycles. The lowest BCUT2D eigenvalue weighted by Gasteiger charge is -2.42. The number of hydrogen-bond donors (Lipinski definition) is 3. The summed E-state index contributed by atoms with van der Waals surface area (Å²) in [6, 6.07) is 0. The van der Waals surface area contributed by atoms with Gasteiger partial charge >= 0.3 is 5.79 Å². The van der Waals surface area contributed by atoms with Gasteiger partial charge in [0.1, 0.15) is 6.10 Å². The van der Waals surface area contributed by atoms with E-state index in [1.165, 1.54) is 0 Å². The van der Waals surface area contributed by atoms with E-state index >= 15 is 0 Å².